The molecule has 1 heterocycles. The molecule has 0 radical (unpaired) electrons. The van der Waals surface area contributed by atoms with E-state index in [-0.39, 0.29) is 5.76 Å². The quantitative estimate of drug-likeness (QED) is 0.386. The molecule has 0 saturated heterocycles. The van der Waals surface area contributed by atoms with E-state index in [0.717, 1.165) is 0 Å². The first-order valence-corrected chi connectivity index (χ1v) is 6.09. The Kier molecular flexibility index (Phi) is 6.80. The van der Waals surface area contributed by atoms with Crippen molar-refractivity contribution in [3.05, 3.63) is 60.1 Å². The third-order valence-corrected chi connectivity index (χ3v) is 2.42. The number of hydrazine groups is 1. The zero-order chi connectivity index (χ0) is 14.8. The van der Waals surface area contributed by atoms with Gasteiger partial charge in [0.1, 0.15) is 0 Å². The highest BCUT2D eigenvalue weighted by atomic mass is 32.1. The lowest BCUT2D eigenvalue weighted by Crippen LogP contribution is -2.39. The lowest BCUT2D eigenvalue weighted by atomic mass is 10.2. The maximum Gasteiger partial charge on any atom is 0.371 e. The molecule has 2 aromatic rings. The number of carboxylic acids is 1. The fraction of sp³-hybridized carbons (Fsp3) is 0.0769. The molecule has 0 aliphatic heterocycles. The fourth-order valence-corrected chi connectivity index (χ4v) is 1.30. The van der Waals surface area contributed by atoms with Crippen LogP contribution in [0.1, 0.15) is 16.1 Å². The highest BCUT2D eigenvalue weighted by molar-refractivity contribution is 7.80. The Hall–Kier alpha value is -2.38. The molecular formula is C13H15N3O3S. The normalized spacial score (nSPS) is 9.05. The summed E-state index contributed by atoms with van der Waals surface area (Å²) < 4.78 is 4.50. The van der Waals surface area contributed by atoms with Crippen LogP contribution in [0, 0.1) is 0 Å². The summed E-state index contributed by atoms with van der Waals surface area (Å²) in [4.78, 5) is 9.97. The first kappa shape index (κ1) is 15.7. The third kappa shape index (κ3) is 5.98. The number of aromatic carboxylic acids is 1. The predicted molar refractivity (Wildman–Crippen MR) is 78.9 cm³/mol. The van der Waals surface area contributed by atoms with Crippen LogP contribution >= 0.6 is 12.2 Å². The fourth-order valence-electron chi connectivity index (χ4n) is 1.23. The maximum absolute atomic E-state index is 9.97. The lowest BCUT2D eigenvalue weighted by Gasteiger charge is -2.05. The number of rotatable bonds is 3. The van der Waals surface area contributed by atoms with Gasteiger partial charge in [-0.3, -0.25) is 0 Å². The van der Waals surface area contributed by atoms with Crippen molar-refractivity contribution in [1.29, 1.82) is 0 Å². The molecule has 0 spiro atoms. The van der Waals surface area contributed by atoms with Gasteiger partial charge in [0, 0.05) is 6.54 Å². The molecule has 6 nitrogen and oxygen atoms in total. The average molecular weight is 293 g/mol. The minimum Gasteiger partial charge on any atom is -0.475 e. The third-order valence-electron chi connectivity index (χ3n) is 2.16. The molecule has 0 saturated carbocycles. The van der Waals surface area contributed by atoms with Crippen LogP contribution in [0.25, 0.3) is 0 Å². The van der Waals surface area contributed by atoms with Crippen LogP contribution in [0.2, 0.25) is 0 Å². The first-order valence-electron chi connectivity index (χ1n) is 5.68. The van der Waals surface area contributed by atoms with Crippen molar-refractivity contribution >= 4 is 23.3 Å². The average Bonchev–Trinajstić information content (AvgIpc) is 3.01. The minimum atomic E-state index is -1.03. The summed E-state index contributed by atoms with van der Waals surface area (Å²) in [5.74, 6) is 4.03. The molecule has 20 heavy (non-hydrogen) atoms. The highest BCUT2D eigenvalue weighted by Gasteiger charge is 2.01. The van der Waals surface area contributed by atoms with Crippen LogP contribution in [0.15, 0.2) is 53.1 Å². The summed E-state index contributed by atoms with van der Waals surface area (Å²) in [6.07, 6.45) is 1.32. The van der Waals surface area contributed by atoms with Gasteiger partial charge in [0.05, 0.1) is 6.26 Å². The number of carbonyl (C=O) groups is 1. The van der Waals surface area contributed by atoms with Crippen LogP contribution < -0.4 is 16.6 Å². The van der Waals surface area contributed by atoms with Gasteiger partial charge in [0.15, 0.2) is 5.11 Å². The number of hydrogen-bond donors (Lipinski definition) is 4. The standard InChI is InChI=1S/C8H11N3S.C5H4O3/c9-11-8(12)10-6-7-4-2-1-3-5-7;6-5(7)4-2-1-3-8-4/h1-5H,6,9H2,(H2,10,11,12);1-3H,(H,6,7). The molecule has 0 amide bonds. The van der Waals surface area contributed by atoms with Crippen LogP contribution in [0.4, 0.5) is 0 Å². The molecule has 1 aromatic carbocycles. The van der Waals surface area contributed by atoms with Gasteiger partial charge in [-0.1, -0.05) is 30.3 Å². The van der Waals surface area contributed by atoms with Gasteiger partial charge in [-0.05, 0) is 29.9 Å². The van der Waals surface area contributed by atoms with Crippen LogP contribution in [0.5, 0.6) is 0 Å². The van der Waals surface area contributed by atoms with Crippen molar-refractivity contribution in [2.75, 3.05) is 0 Å². The zero-order valence-electron chi connectivity index (χ0n) is 10.6. The Morgan fingerprint density at radius 3 is 2.40 bits per heavy atom. The van der Waals surface area contributed by atoms with E-state index in [2.05, 4.69) is 15.2 Å². The predicted octanol–water partition coefficient (Wildman–Crippen LogP) is 1.50. The van der Waals surface area contributed by atoms with E-state index < -0.39 is 5.97 Å². The van der Waals surface area contributed by atoms with Gasteiger partial charge in [0.2, 0.25) is 5.76 Å². The van der Waals surface area contributed by atoms with Crippen molar-refractivity contribution in [3.63, 3.8) is 0 Å². The zero-order valence-corrected chi connectivity index (χ0v) is 11.4. The van der Waals surface area contributed by atoms with E-state index in [0.29, 0.717) is 11.7 Å². The van der Waals surface area contributed by atoms with Gasteiger partial charge in [-0.15, -0.1) is 0 Å². The Balaban J connectivity index is 0.000000217. The number of hydrogen-bond acceptors (Lipinski definition) is 4. The largest absolute Gasteiger partial charge is 0.475 e. The second kappa shape index (κ2) is 8.68. The van der Waals surface area contributed by atoms with Gasteiger partial charge in [-0.2, -0.15) is 0 Å². The van der Waals surface area contributed by atoms with Gasteiger partial charge < -0.3 is 20.3 Å². The van der Waals surface area contributed by atoms with E-state index in [9.17, 15) is 4.79 Å². The number of benzene rings is 1. The molecule has 0 bridgehead atoms. The highest BCUT2D eigenvalue weighted by Crippen LogP contribution is 1.97. The van der Waals surface area contributed by atoms with E-state index in [4.69, 9.17) is 23.2 Å². The van der Waals surface area contributed by atoms with E-state index in [1.54, 1.807) is 0 Å². The Bertz CT molecular complexity index is 529. The van der Waals surface area contributed by atoms with Crippen molar-refractivity contribution in [3.8, 4) is 0 Å². The summed E-state index contributed by atoms with van der Waals surface area (Å²) in [7, 11) is 0. The topological polar surface area (TPSA) is 101 Å². The second-order valence-corrected chi connectivity index (χ2v) is 4.00. The monoisotopic (exact) mass is 293 g/mol. The molecule has 0 aliphatic carbocycles. The van der Waals surface area contributed by atoms with Crippen molar-refractivity contribution in [1.82, 2.24) is 10.7 Å². The number of nitrogens with two attached hydrogens (primary N) is 1. The summed E-state index contributed by atoms with van der Waals surface area (Å²) in [5.41, 5.74) is 3.53. The molecule has 1 aromatic heterocycles. The molecule has 0 atom stereocenters. The van der Waals surface area contributed by atoms with Crippen LogP contribution in [0.3, 0.4) is 0 Å². The van der Waals surface area contributed by atoms with Crippen LogP contribution in [-0.2, 0) is 6.54 Å². The summed E-state index contributed by atoms with van der Waals surface area (Å²) >= 11 is 4.81. The van der Waals surface area contributed by atoms with Crippen molar-refractivity contribution < 1.29 is 14.3 Å². The smallest absolute Gasteiger partial charge is 0.371 e. The molecule has 0 fully saturated rings. The molecule has 0 unspecified atom stereocenters. The Morgan fingerprint density at radius 2 is 1.95 bits per heavy atom. The maximum atomic E-state index is 9.97. The van der Waals surface area contributed by atoms with E-state index in [1.807, 2.05) is 30.3 Å². The minimum absolute atomic E-state index is 0.0231. The van der Waals surface area contributed by atoms with Crippen LogP contribution in [-0.4, -0.2) is 16.2 Å². The Labute approximate surface area is 121 Å². The molecular weight excluding hydrogens is 278 g/mol. The molecule has 2 rings (SSSR count). The number of carboxylic acid groups (broad SMARTS) is 1. The number of nitrogens with one attached hydrogen (secondary N) is 2. The van der Waals surface area contributed by atoms with Crippen molar-refractivity contribution in [2.24, 2.45) is 5.84 Å². The molecule has 0 aliphatic rings. The number of thiocarbonyl (C=S) groups is 1. The lowest BCUT2D eigenvalue weighted by molar-refractivity contribution is 0.0662. The molecule has 5 N–H and O–H groups in total. The van der Waals surface area contributed by atoms with Crippen molar-refractivity contribution in [2.45, 2.75) is 6.54 Å². The molecule has 106 valence electrons. The van der Waals surface area contributed by atoms with Gasteiger partial charge >= 0.3 is 5.97 Å². The van der Waals surface area contributed by atoms with E-state index >= 15 is 0 Å². The summed E-state index contributed by atoms with van der Waals surface area (Å²) in [5, 5.41) is 11.6. The van der Waals surface area contributed by atoms with Gasteiger partial charge in [-0.25, -0.2) is 10.6 Å². The van der Waals surface area contributed by atoms with Gasteiger partial charge in [0.25, 0.3) is 0 Å². The summed E-state index contributed by atoms with van der Waals surface area (Å²) in [6.45, 7) is 0.698. The van der Waals surface area contributed by atoms with E-state index in [1.165, 1.54) is 24.0 Å². The molecule has 7 heteroatoms. The second-order valence-electron chi connectivity index (χ2n) is 3.60. The Morgan fingerprint density at radius 1 is 1.25 bits per heavy atom. The first-order chi connectivity index (χ1) is 9.63. The number of furan rings is 1. The summed E-state index contributed by atoms with van der Waals surface area (Å²) in [6, 6.07) is 12.9. The SMILES string of the molecule is NNC(=S)NCc1ccccc1.O=C(O)c1ccco1.